The number of nitrogens with zero attached hydrogens (tertiary/aromatic N) is 1. The quantitative estimate of drug-likeness (QED) is 0.876. The normalized spacial score (nSPS) is 23.1. The maximum atomic E-state index is 12.8. The van der Waals surface area contributed by atoms with E-state index in [1.54, 1.807) is 6.07 Å². The van der Waals surface area contributed by atoms with Crippen molar-refractivity contribution in [1.82, 2.24) is 0 Å². The highest BCUT2D eigenvalue weighted by Gasteiger charge is 2.34. The van der Waals surface area contributed by atoms with Crippen molar-refractivity contribution in [2.75, 3.05) is 5.32 Å². The Bertz CT molecular complexity index is 514. The molecule has 0 radical (unpaired) electrons. The monoisotopic (exact) mass is 284 g/mol. The van der Waals surface area contributed by atoms with Gasteiger partial charge in [-0.25, -0.2) is 0 Å². The number of hydrogen-bond acceptors (Lipinski definition) is 3. The second kappa shape index (κ2) is 5.71. The van der Waals surface area contributed by atoms with Crippen LogP contribution < -0.4 is 5.32 Å². The van der Waals surface area contributed by atoms with Crippen molar-refractivity contribution in [2.24, 2.45) is 0 Å². The van der Waals surface area contributed by atoms with Gasteiger partial charge in [0, 0.05) is 11.7 Å². The Kier molecular flexibility index (Phi) is 4.19. The van der Waals surface area contributed by atoms with Crippen molar-refractivity contribution in [3.63, 3.8) is 0 Å². The molecular formula is C14H15F3N2O. The molecule has 1 aromatic rings. The summed E-state index contributed by atoms with van der Waals surface area (Å²) in [4.78, 5) is 0. The fraction of sp³-hybridized carbons (Fsp3) is 0.500. The Hall–Kier alpha value is -1.74. The fourth-order valence-electron chi connectivity index (χ4n) is 2.42. The predicted molar refractivity (Wildman–Crippen MR) is 68.0 cm³/mol. The SMILES string of the molecule is N#Cc1ccc(N[C@H]2CC[C@H](O)CC2)cc1C(F)(F)F. The smallest absolute Gasteiger partial charge is 0.393 e. The zero-order valence-electron chi connectivity index (χ0n) is 10.7. The molecule has 1 saturated carbocycles. The molecule has 0 heterocycles. The van der Waals surface area contributed by atoms with Crippen LogP contribution in [0.5, 0.6) is 0 Å². The molecule has 1 aliphatic carbocycles. The van der Waals surface area contributed by atoms with Gasteiger partial charge >= 0.3 is 6.18 Å². The molecule has 6 heteroatoms. The number of anilines is 1. The molecule has 0 bridgehead atoms. The van der Waals surface area contributed by atoms with Gasteiger partial charge in [-0.05, 0) is 43.9 Å². The Morgan fingerprint density at radius 1 is 1.20 bits per heavy atom. The average molecular weight is 284 g/mol. The minimum absolute atomic E-state index is 0.0624. The number of benzene rings is 1. The largest absolute Gasteiger partial charge is 0.417 e. The number of halogens is 3. The van der Waals surface area contributed by atoms with Crippen LogP contribution >= 0.6 is 0 Å². The third-order valence-corrected chi connectivity index (χ3v) is 3.51. The highest BCUT2D eigenvalue weighted by Crippen LogP contribution is 2.34. The van der Waals surface area contributed by atoms with Gasteiger partial charge in [-0.2, -0.15) is 18.4 Å². The lowest BCUT2D eigenvalue weighted by atomic mass is 9.93. The van der Waals surface area contributed by atoms with E-state index in [0.29, 0.717) is 18.5 Å². The van der Waals surface area contributed by atoms with Crippen LogP contribution in [0.1, 0.15) is 36.8 Å². The molecule has 2 rings (SSSR count). The van der Waals surface area contributed by atoms with Crippen LogP contribution in [0.15, 0.2) is 18.2 Å². The van der Waals surface area contributed by atoms with Gasteiger partial charge in [-0.15, -0.1) is 0 Å². The molecule has 3 nitrogen and oxygen atoms in total. The van der Waals surface area contributed by atoms with Gasteiger partial charge in [0.1, 0.15) is 0 Å². The standard InChI is InChI=1S/C14H15F3N2O/c15-14(16,17)13-7-11(2-1-9(13)8-18)19-10-3-5-12(20)6-4-10/h1-2,7,10,12,19-20H,3-6H2/t10-,12-. The molecule has 0 saturated heterocycles. The van der Waals surface area contributed by atoms with E-state index in [1.807, 2.05) is 0 Å². The van der Waals surface area contributed by atoms with E-state index in [1.165, 1.54) is 12.1 Å². The summed E-state index contributed by atoms with van der Waals surface area (Å²) in [7, 11) is 0. The van der Waals surface area contributed by atoms with E-state index in [0.717, 1.165) is 18.9 Å². The molecule has 0 amide bonds. The zero-order chi connectivity index (χ0) is 14.8. The van der Waals surface area contributed by atoms with Crippen molar-refractivity contribution in [3.05, 3.63) is 29.3 Å². The molecule has 0 unspecified atom stereocenters. The maximum absolute atomic E-state index is 12.8. The Balaban J connectivity index is 2.15. The molecule has 0 spiro atoms. The van der Waals surface area contributed by atoms with E-state index in [9.17, 15) is 18.3 Å². The highest BCUT2D eigenvalue weighted by atomic mass is 19.4. The maximum Gasteiger partial charge on any atom is 0.417 e. The van der Waals surface area contributed by atoms with Gasteiger partial charge in [0.05, 0.1) is 23.3 Å². The van der Waals surface area contributed by atoms with Crippen LogP contribution in [0, 0.1) is 11.3 Å². The molecule has 1 fully saturated rings. The summed E-state index contributed by atoms with van der Waals surface area (Å²) >= 11 is 0. The van der Waals surface area contributed by atoms with E-state index < -0.39 is 11.7 Å². The second-order valence-electron chi connectivity index (χ2n) is 5.02. The van der Waals surface area contributed by atoms with Crippen molar-refractivity contribution < 1.29 is 18.3 Å². The van der Waals surface area contributed by atoms with Crippen LogP contribution in [0.3, 0.4) is 0 Å². The molecule has 0 aromatic heterocycles. The first kappa shape index (κ1) is 14.7. The summed E-state index contributed by atoms with van der Waals surface area (Å²) in [5.41, 5.74) is -0.930. The first-order chi connectivity index (χ1) is 9.40. The minimum Gasteiger partial charge on any atom is -0.393 e. The first-order valence-corrected chi connectivity index (χ1v) is 6.46. The lowest BCUT2D eigenvalue weighted by Crippen LogP contribution is -2.28. The molecule has 1 aliphatic rings. The van der Waals surface area contributed by atoms with Gasteiger partial charge in [0.2, 0.25) is 0 Å². The lowest BCUT2D eigenvalue weighted by molar-refractivity contribution is -0.137. The Labute approximate surface area is 115 Å². The number of aliphatic hydroxyl groups excluding tert-OH is 1. The number of nitrogens with one attached hydrogen (secondary N) is 1. The summed E-state index contributed by atoms with van der Waals surface area (Å²) in [6.07, 6.45) is -2.09. The minimum atomic E-state index is -4.54. The predicted octanol–water partition coefficient (Wildman–Crippen LogP) is 3.29. The Morgan fingerprint density at radius 2 is 1.85 bits per heavy atom. The summed E-state index contributed by atoms with van der Waals surface area (Å²) in [6.45, 7) is 0. The molecule has 0 atom stereocenters. The topological polar surface area (TPSA) is 56.0 Å². The van der Waals surface area contributed by atoms with Crippen LogP contribution in [-0.2, 0) is 6.18 Å². The van der Waals surface area contributed by atoms with Crippen LogP contribution in [-0.4, -0.2) is 17.3 Å². The second-order valence-corrected chi connectivity index (χ2v) is 5.02. The van der Waals surface area contributed by atoms with Crippen LogP contribution in [0.4, 0.5) is 18.9 Å². The molecule has 0 aliphatic heterocycles. The van der Waals surface area contributed by atoms with E-state index >= 15 is 0 Å². The van der Waals surface area contributed by atoms with Gasteiger partial charge in [-0.3, -0.25) is 0 Å². The molecule has 108 valence electrons. The fourth-order valence-corrected chi connectivity index (χ4v) is 2.42. The van der Waals surface area contributed by atoms with Gasteiger partial charge < -0.3 is 10.4 Å². The third kappa shape index (κ3) is 3.42. The number of alkyl halides is 3. The molecular weight excluding hydrogens is 269 g/mol. The number of nitriles is 1. The number of hydrogen-bond donors (Lipinski definition) is 2. The van der Waals surface area contributed by atoms with Gasteiger partial charge in [0.25, 0.3) is 0 Å². The number of rotatable bonds is 2. The van der Waals surface area contributed by atoms with Crippen molar-refractivity contribution in [1.29, 1.82) is 5.26 Å². The van der Waals surface area contributed by atoms with E-state index in [2.05, 4.69) is 5.32 Å². The van der Waals surface area contributed by atoms with Crippen molar-refractivity contribution >= 4 is 5.69 Å². The van der Waals surface area contributed by atoms with Crippen LogP contribution in [0.2, 0.25) is 0 Å². The summed E-state index contributed by atoms with van der Waals surface area (Å²) in [5, 5.41) is 21.2. The van der Waals surface area contributed by atoms with Crippen molar-refractivity contribution in [3.8, 4) is 6.07 Å². The third-order valence-electron chi connectivity index (χ3n) is 3.51. The molecule has 2 N–H and O–H groups in total. The molecule has 20 heavy (non-hydrogen) atoms. The first-order valence-electron chi connectivity index (χ1n) is 6.46. The average Bonchev–Trinajstić information content (AvgIpc) is 2.40. The van der Waals surface area contributed by atoms with Gasteiger partial charge in [0.15, 0.2) is 0 Å². The molecule has 1 aromatic carbocycles. The zero-order valence-corrected chi connectivity index (χ0v) is 10.7. The highest BCUT2D eigenvalue weighted by molar-refractivity contribution is 5.53. The summed E-state index contributed by atoms with van der Waals surface area (Å²) in [6, 6.07) is 5.26. The van der Waals surface area contributed by atoms with Crippen LogP contribution in [0.25, 0.3) is 0 Å². The Morgan fingerprint density at radius 3 is 2.40 bits per heavy atom. The van der Waals surface area contributed by atoms with E-state index in [4.69, 9.17) is 5.26 Å². The number of aliphatic hydroxyl groups is 1. The van der Waals surface area contributed by atoms with Gasteiger partial charge in [-0.1, -0.05) is 0 Å². The summed E-state index contributed by atoms with van der Waals surface area (Å²) in [5.74, 6) is 0. The summed E-state index contributed by atoms with van der Waals surface area (Å²) < 4.78 is 38.5. The van der Waals surface area contributed by atoms with E-state index in [-0.39, 0.29) is 17.7 Å². The van der Waals surface area contributed by atoms with Crippen molar-refractivity contribution in [2.45, 2.75) is 44.0 Å². The lowest BCUT2D eigenvalue weighted by Gasteiger charge is -2.27.